The van der Waals surface area contributed by atoms with Gasteiger partial charge in [0.15, 0.2) is 6.10 Å². The quantitative estimate of drug-likeness (QED) is 0.750. The van der Waals surface area contributed by atoms with Crippen molar-refractivity contribution in [3.63, 3.8) is 0 Å². The Bertz CT molecular complexity index is 954. The summed E-state index contributed by atoms with van der Waals surface area (Å²) >= 11 is 0. The highest BCUT2D eigenvalue weighted by atomic mass is 32.2. The van der Waals surface area contributed by atoms with Gasteiger partial charge in [-0.1, -0.05) is 24.3 Å². The van der Waals surface area contributed by atoms with Crippen LogP contribution < -0.4 is 4.72 Å². The first-order valence-corrected chi connectivity index (χ1v) is 10.5. The lowest BCUT2D eigenvalue weighted by molar-refractivity contribution is -0.138. The van der Waals surface area contributed by atoms with Crippen molar-refractivity contribution in [1.82, 2.24) is 4.90 Å². The Balaban J connectivity index is 1.68. The molecule has 0 aliphatic carbocycles. The largest absolute Gasteiger partial charge is 0.449 e. The molecule has 0 bridgehead atoms. The molecule has 2 aromatic carbocycles. The van der Waals surface area contributed by atoms with Crippen LogP contribution in [0, 0.1) is 0 Å². The van der Waals surface area contributed by atoms with E-state index in [1.165, 1.54) is 30.3 Å². The highest BCUT2D eigenvalue weighted by molar-refractivity contribution is 7.92. The molecule has 1 heterocycles. The predicted octanol–water partition coefficient (Wildman–Crippen LogP) is 2.66. The zero-order chi connectivity index (χ0) is 20.1. The average molecular weight is 402 g/mol. The number of anilines is 1. The van der Waals surface area contributed by atoms with Crippen LogP contribution in [0.15, 0.2) is 59.5 Å². The topological polar surface area (TPSA) is 92.8 Å². The molecule has 7 nitrogen and oxygen atoms in total. The molecule has 1 aliphatic rings. The third-order valence-corrected chi connectivity index (χ3v) is 5.85. The molecule has 2 aromatic rings. The molecule has 0 radical (unpaired) electrons. The van der Waals surface area contributed by atoms with Gasteiger partial charge in [-0.3, -0.25) is 9.52 Å². The summed E-state index contributed by atoms with van der Waals surface area (Å²) < 4.78 is 32.6. The summed E-state index contributed by atoms with van der Waals surface area (Å²) in [6.07, 6.45) is 1.02. The van der Waals surface area contributed by atoms with Gasteiger partial charge in [-0.15, -0.1) is 0 Å². The smallest absolute Gasteiger partial charge is 0.338 e. The Kier molecular flexibility index (Phi) is 5.99. The third kappa shape index (κ3) is 4.69. The minimum Gasteiger partial charge on any atom is -0.449 e. The zero-order valence-electron chi connectivity index (χ0n) is 15.5. The molecule has 148 valence electrons. The van der Waals surface area contributed by atoms with Crippen molar-refractivity contribution >= 4 is 27.6 Å². The summed E-state index contributed by atoms with van der Waals surface area (Å²) in [6.45, 7) is 2.90. The number of hydrogen-bond donors (Lipinski definition) is 1. The van der Waals surface area contributed by atoms with Crippen LogP contribution in [0.2, 0.25) is 0 Å². The molecule has 1 amide bonds. The second-order valence-electron chi connectivity index (χ2n) is 6.58. The van der Waals surface area contributed by atoms with E-state index in [-0.39, 0.29) is 22.1 Å². The average Bonchev–Trinajstić information content (AvgIpc) is 3.22. The summed E-state index contributed by atoms with van der Waals surface area (Å²) in [5.74, 6) is -0.896. The van der Waals surface area contributed by atoms with E-state index < -0.39 is 22.1 Å². The number of amides is 1. The van der Waals surface area contributed by atoms with Crippen molar-refractivity contribution in [3.05, 3.63) is 60.2 Å². The van der Waals surface area contributed by atoms with Crippen molar-refractivity contribution < 1.29 is 22.7 Å². The Morgan fingerprint density at radius 3 is 2.39 bits per heavy atom. The van der Waals surface area contributed by atoms with Crippen LogP contribution in [0.5, 0.6) is 0 Å². The van der Waals surface area contributed by atoms with Crippen LogP contribution >= 0.6 is 0 Å². The minimum atomic E-state index is -3.77. The second-order valence-corrected chi connectivity index (χ2v) is 8.26. The fourth-order valence-corrected chi connectivity index (χ4v) is 4.07. The molecular weight excluding hydrogens is 380 g/mol. The number of carbonyl (C=O) groups excluding carboxylic acids is 2. The minimum absolute atomic E-state index is 0.118. The fourth-order valence-electron chi connectivity index (χ4n) is 3.00. The van der Waals surface area contributed by atoms with E-state index in [9.17, 15) is 18.0 Å². The first-order chi connectivity index (χ1) is 13.4. The van der Waals surface area contributed by atoms with Gasteiger partial charge in [0.1, 0.15) is 0 Å². The molecule has 0 unspecified atom stereocenters. The number of esters is 1. The highest BCUT2D eigenvalue weighted by Gasteiger charge is 2.26. The van der Waals surface area contributed by atoms with Crippen LogP contribution in [0.3, 0.4) is 0 Å². The summed E-state index contributed by atoms with van der Waals surface area (Å²) in [5.41, 5.74) is 0.395. The molecule has 1 atom stereocenters. The number of hydrogen-bond acceptors (Lipinski definition) is 5. The molecule has 3 rings (SSSR count). The van der Waals surface area contributed by atoms with Gasteiger partial charge in [-0.05, 0) is 50.1 Å². The highest BCUT2D eigenvalue weighted by Crippen LogP contribution is 2.18. The standard InChI is InChI=1S/C20H22N2O5S/c1-15(19(23)22-12-5-6-13-22)27-20(24)16-8-7-9-17(14-16)21-28(25,26)18-10-3-2-4-11-18/h2-4,7-11,14-15,21H,5-6,12-13H2,1H3/t15-/m0/s1. The summed E-state index contributed by atoms with van der Waals surface area (Å²) in [6, 6.07) is 13.9. The van der Waals surface area contributed by atoms with Gasteiger partial charge in [0.05, 0.1) is 10.5 Å². The van der Waals surface area contributed by atoms with E-state index in [1.54, 1.807) is 36.1 Å². The summed E-state index contributed by atoms with van der Waals surface area (Å²) in [7, 11) is -3.77. The van der Waals surface area contributed by atoms with Gasteiger partial charge >= 0.3 is 5.97 Å². The number of nitrogens with zero attached hydrogens (tertiary/aromatic N) is 1. The Labute approximate surface area is 164 Å². The van der Waals surface area contributed by atoms with Crippen LogP contribution in [0.1, 0.15) is 30.1 Å². The first kappa shape index (κ1) is 19.9. The Morgan fingerprint density at radius 1 is 1.04 bits per heavy atom. The molecule has 1 fully saturated rings. The molecule has 1 aliphatic heterocycles. The van der Waals surface area contributed by atoms with Crippen molar-refractivity contribution in [1.29, 1.82) is 0 Å². The van der Waals surface area contributed by atoms with E-state index in [2.05, 4.69) is 4.72 Å². The zero-order valence-corrected chi connectivity index (χ0v) is 16.3. The lowest BCUT2D eigenvalue weighted by atomic mass is 10.2. The van der Waals surface area contributed by atoms with E-state index in [0.29, 0.717) is 13.1 Å². The SMILES string of the molecule is C[C@H](OC(=O)c1cccc(NS(=O)(=O)c2ccccc2)c1)C(=O)N1CCCC1. The van der Waals surface area contributed by atoms with Crippen LogP contribution in [-0.4, -0.2) is 44.4 Å². The molecule has 0 saturated carbocycles. The van der Waals surface area contributed by atoms with Crippen molar-refractivity contribution in [3.8, 4) is 0 Å². The van der Waals surface area contributed by atoms with Gasteiger partial charge in [-0.25, -0.2) is 13.2 Å². The predicted molar refractivity (Wildman–Crippen MR) is 104 cm³/mol. The van der Waals surface area contributed by atoms with E-state index >= 15 is 0 Å². The molecule has 0 spiro atoms. The monoisotopic (exact) mass is 402 g/mol. The lowest BCUT2D eigenvalue weighted by Gasteiger charge is -2.20. The number of ether oxygens (including phenoxy) is 1. The lowest BCUT2D eigenvalue weighted by Crippen LogP contribution is -2.38. The number of carbonyl (C=O) groups is 2. The number of sulfonamides is 1. The van der Waals surface area contributed by atoms with Crippen LogP contribution in [0.25, 0.3) is 0 Å². The van der Waals surface area contributed by atoms with Crippen molar-refractivity contribution in [2.24, 2.45) is 0 Å². The molecule has 28 heavy (non-hydrogen) atoms. The number of nitrogens with one attached hydrogen (secondary N) is 1. The van der Waals surface area contributed by atoms with Gasteiger partial charge < -0.3 is 9.64 Å². The van der Waals surface area contributed by atoms with Crippen LogP contribution in [0.4, 0.5) is 5.69 Å². The third-order valence-electron chi connectivity index (χ3n) is 4.45. The van der Waals surface area contributed by atoms with Crippen LogP contribution in [-0.2, 0) is 19.6 Å². The number of rotatable bonds is 6. The van der Waals surface area contributed by atoms with E-state index in [0.717, 1.165) is 12.8 Å². The Hall–Kier alpha value is -2.87. The van der Waals surface area contributed by atoms with Gasteiger partial charge in [0.25, 0.3) is 15.9 Å². The summed E-state index contributed by atoms with van der Waals surface area (Å²) in [4.78, 5) is 26.5. The maximum atomic E-state index is 12.4. The van der Waals surface area contributed by atoms with Gasteiger partial charge in [0.2, 0.25) is 0 Å². The molecule has 1 N–H and O–H groups in total. The van der Waals surface area contributed by atoms with E-state index in [4.69, 9.17) is 4.74 Å². The maximum Gasteiger partial charge on any atom is 0.338 e. The molecule has 0 aromatic heterocycles. The fraction of sp³-hybridized carbons (Fsp3) is 0.300. The molecule has 1 saturated heterocycles. The molecular formula is C20H22N2O5S. The van der Waals surface area contributed by atoms with Crippen molar-refractivity contribution in [2.45, 2.75) is 30.8 Å². The van der Waals surface area contributed by atoms with Gasteiger partial charge in [0, 0.05) is 18.8 Å². The van der Waals surface area contributed by atoms with Gasteiger partial charge in [-0.2, -0.15) is 0 Å². The maximum absolute atomic E-state index is 12.4. The number of likely N-dealkylation sites (tertiary alicyclic amines) is 1. The van der Waals surface area contributed by atoms with Crippen molar-refractivity contribution in [2.75, 3.05) is 17.8 Å². The first-order valence-electron chi connectivity index (χ1n) is 9.04. The molecule has 8 heteroatoms. The second kappa shape index (κ2) is 8.43. The van der Waals surface area contributed by atoms with E-state index in [1.807, 2.05) is 0 Å². The summed E-state index contributed by atoms with van der Waals surface area (Å²) in [5, 5.41) is 0. The Morgan fingerprint density at radius 2 is 1.71 bits per heavy atom. The number of benzene rings is 2. The normalized spacial score (nSPS) is 15.1.